The first-order valence-corrected chi connectivity index (χ1v) is 4.18. The number of carbonyl (C=O) groups excluding carboxylic acids is 1. The fourth-order valence-electron chi connectivity index (χ4n) is 1.18. The van der Waals surface area contributed by atoms with Gasteiger partial charge in [0.1, 0.15) is 0 Å². The molecule has 1 aromatic heterocycles. The van der Waals surface area contributed by atoms with Crippen molar-refractivity contribution < 1.29 is 4.79 Å². The Morgan fingerprint density at radius 1 is 1.57 bits per heavy atom. The first kappa shape index (κ1) is 8.76. The van der Waals surface area contributed by atoms with Gasteiger partial charge in [0, 0.05) is 20.3 Å². The summed E-state index contributed by atoms with van der Waals surface area (Å²) in [6, 6.07) is 3.48. The van der Waals surface area contributed by atoms with E-state index in [0.29, 0.717) is 5.82 Å². The Balaban J connectivity index is 2.30. The van der Waals surface area contributed by atoms with E-state index in [4.69, 9.17) is 0 Å². The van der Waals surface area contributed by atoms with Gasteiger partial charge in [-0.05, 0) is 12.1 Å². The van der Waals surface area contributed by atoms with Crippen molar-refractivity contribution in [1.29, 1.82) is 0 Å². The smallest absolute Gasteiger partial charge is 0.329 e. The second kappa shape index (κ2) is 3.15. The van der Waals surface area contributed by atoms with Crippen molar-refractivity contribution in [2.75, 3.05) is 24.5 Å². The number of hydrazine groups is 2. The van der Waals surface area contributed by atoms with Crippen molar-refractivity contribution in [2.24, 2.45) is 0 Å². The first-order chi connectivity index (χ1) is 6.70. The molecule has 1 aliphatic rings. The van der Waals surface area contributed by atoms with Crippen LogP contribution in [-0.4, -0.2) is 30.0 Å². The Morgan fingerprint density at radius 3 is 3.07 bits per heavy atom. The van der Waals surface area contributed by atoms with E-state index in [9.17, 15) is 4.79 Å². The number of amides is 2. The topological polar surface area (TPSA) is 60.5 Å². The van der Waals surface area contributed by atoms with Gasteiger partial charge in [-0.15, -0.1) is 5.53 Å². The SMILES string of the molecule is CN(C)C(=O)N1NNc2cccnc21. The van der Waals surface area contributed by atoms with Gasteiger partial charge in [-0.1, -0.05) is 0 Å². The largest absolute Gasteiger partial charge is 0.341 e. The average Bonchev–Trinajstić information content (AvgIpc) is 2.60. The average molecular weight is 193 g/mol. The van der Waals surface area contributed by atoms with Crippen LogP contribution in [0.15, 0.2) is 18.3 Å². The highest BCUT2D eigenvalue weighted by Crippen LogP contribution is 2.25. The molecule has 1 aliphatic heterocycles. The minimum absolute atomic E-state index is 0.171. The lowest BCUT2D eigenvalue weighted by molar-refractivity contribution is 0.222. The molecule has 0 saturated carbocycles. The number of nitrogens with one attached hydrogen (secondary N) is 2. The van der Waals surface area contributed by atoms with Crippen LogP contribution in [0.3, 0.4) is 0 Å². The van der Waals surface area contributed by atoms with E-state index in [1.807, 2.05) is 6.07 Å². The van der Waals surface area contributed by atoms with Gasteiger partial charge in [-0.2, -0.15) is 5.01 Å². The minimum Gasteiger partial charge on any atom is -0.329 e. The lowest BCUT2D eigenvalue weighted by Gasteiger charge is -2.19. The molecule has 0 aromatic carbocycles. The van der Waals surface area contributed by atoms with Crippen LogP contribution < -0.4 is 16.0 Å². The number of nitrogens with zero attached hydrogens (tertiary/aromatic N) is 3. The van der Waals surface area contributed by atoms with Gasteiger partial charge < -0.3 is 4.90 Å². The monoisotopic (exact) mass is 193 g/mol. The second-order valence-corrected chi connectivity index (χ2v) is 3.12. The summed E-state index contributed by atoms with van der Waals surface area (Å²) in [6.45, 7) is 0. The van der Waals surface area contributed by atoms with Crippen LogP contribution in [0.5, 0.6) is 0 Å². The van der Waals surface area contributed by atoms with Gasteiger partial charge in [-0.3, -0.25) is 5.43 Å². The third-order valence-electron chi connectivity index (χ3n) is 1.87. The van der Waals surface area contributed by atoms with E-state index in [1.165, 1.54) is 9.91 Å². The van der Waals surface area contributed by atoms with Crippen molar-refractivity contribution in [1.82, 2.24) is 15.4 Å². The van der Waals surface area contributed by atoms with Crippen LogP contribution in [0, 0.1) is 0 Å². The Morgan fingerprint density at radius 2 is 2.36 bits per heavy atom. The number of carbonyl (C=O) groups is 1. The second-order valence-electron chi connectivity index (χ2n) is 3.12. The molecule has 0 saturated heterocycles. The predicted molar refractivity (Wildman–Crippen MR) is 52.6 cm³/mol. The number of anilines is 2. The Bertz CT molecular complexity index is 365. The van der Waals surface area contributed by atoms with Gasteiger partial charge in [0.2, 0.25) is 0 Å². The molecule has 2 heterocycles. The van der Waals surface area contributed by atoms with Crippen molar-refractivity contribution in [2.45, 2.75) is 0 Å². The number of rotatable bonds is 0. The zero-order chi connectivity index (χ0) is 10.1. The number of pyridine rings is 1. The van der Waals surface area contributed by atoms with E-state index < -0.39 is 0 Å². The molecule has 6 nitrogen and oxygen atoms in total. The van der Waals surface area contributed by atoms with Crippen LogP contribution in [0.1, 0.15) is 0 Å². The summed E-state index contributed by atoms with van der Waals surface area (Å²) in [6.07, 6.45) is 1.64. The molecule has 0 bridgehead atoms. The fraction of sp³-hybridized carbons (Fsp3) is 0.250. The maximum Gasteiger partial charge on any atom is 0.341 e. The summed E-state index contributed by atoms with van der Waals surface area (Å²) in [5.74, 6) is 0.589. The van der Waals surface area contributed by atoms with Crippen LogP contribution >= 0.6 is 0 Å². The zero-order valence-electron chi connectivity index (χ0n) is 7.98. The number of hydrogen-bond acceptors (Lipinski definition) is 4. The summed E-state index contributed by atoms with van der Waals surface area (Å²) in [7, 11) is 3.37. The summed E-state index contributed by atoms with van der Waals surface area (Å²) < 4.78 is 0. The number of hydrogen-bond donors (Lipinski definition) is 2. The maximum atomic E-state index is 11.6. The van der Waals surface area contributed by atoms with Crippen LogP contribution in [-0.2, 0) is 0 Å². The number of aromatic nitrogens is 1. The quantitative estimate of drug-likeness (QED) is 0.626. The van der Waals surface area contributed by atoms with Crippen LogP contribution in [0.25, 0.3) is 0 Å². The van der Waals surface area contributed by atoms with Gasteiger partial charge in [-0.25, -0.2) is 9.78 Å². The molecule has 0 radical (unpaired) electrons. The Hall–Kier alpha value is -1.82. The molecule has 2 N–H and O–H groups in total. The van der Waals surface area contributed by atoms with E-state index in [2.05, 4.69) is 15.9 Å². The summed E-state index contributed by atoms with van der Waals surface area (Å²) in [4.78, 5) is 17.2. The lowest BCUT2D eigenvalue weighted by atomic mass is 10.4. The van der Waals surface area contributed by atoms with Crippen molar-refractivity contribution >= 4 is 17.5 Å². The molecule has 0 spiro atoms. The minimum atomic E-state index is -0.171. The molecule has 0 unspecified atom stereocenters. The number of urea groups is 1. The highest BCUT2D eigenvalue weighted by molar-refractivity contribution is 5.94. The van der Waals surface area contributed by atoms with Crippen molar-refractivity contribution in [3.8, 4) is 0 Å². The van der Waals surface area contributed by atoms with E-state index in [0.717, 1.165) is 5.69 Å². The molecule has 1 aromatic rings. The molecule has 0 aliphatic carbocycles. The van der Waals surface area contributed by atoms with E-state index in [-0.39, 0.29) is 6.03 Å². The molecular formula is C8H11N5O. The van der Waals surface area contributed by atoms with Crippen LogP contribution in [0.2, 0.25) is 0 Å². The Kier molecular flexibility index (Phi) is 1.97. The first-order valence-electron chi connectivity index (χ1n) is 4.18. The third kappa shape index (κ3) is 1.25. The third-order valence-corrected chi connectivity index (χ3v) is 1.87. The molecule has 2 amide bonds. The van der Waals surface area contributed by atoms with Crippen molar-refractivity contribution in [3.05, 3.63) is 18.3 Å². The summed E-state index contributed by atoms with van der Waals surface area (Å²) in [5, 5.41) is 1.36. The van der Waals surface area contributed by atoms with Crippen molar-refractivity contribution in [3.63, 3.8) is 0 Å². The lowest BCUT2D eigenvalue weighted by Crippen LogP contribution is -2.46. The molecule has 14 heavy (non-hydrogen) atoms. The molecule has 74 valence electrons. The summed E-state index contributed by atoms with van der Waals surface area (Å²) >= 11 is 0. The zero-order valence-corrected chi connectivity index (χ0v) is 7.98. The van der Waals surface area contributed by atoms with E-state index >= 15 is 0 Å². The van der Waals surface area contributed by atoms with E-state index in [1.54, 1.807) is 26.4 Å². The van der Waals surface area contributed by atoms with Gasteiger partial charge in [0.25, 0.3) is 0 Å². The standard InChI is InChI=1S/C8H11N5O/c1-12(2)8(14)13-7-6(10-11-13)4-3-5-9-7/h3-5,10-11H,1-2H3. The Labute approximate surface area is 81.5 Å². The maximum absolute atomic E-state index is 11.6. The highest BCUT2D eigenvalue weighted by atomic mass is 16.2. The van der Waals surface area contributed by atoms with Gasteiger partial charge in [0.15, 0.2) is 5.82 Å². The molecule has 0 fully saturated rings. The highest BCUT2D eigenvalue weighted by Gasteiger charge is 2.26. The molecule has 6 heteroatoms. The molecule has 0 atom stereocenters. The predicted octanol–water partition coefficient (Wildman–Crippen LogP) is 0.415. The normalized spacial score (nSPS) is 13.4. The van der Waals surface area contributed by atoms with Gasteiger partial charge >= 0.3 is 6.03 Å². The number of fused-ring (bicyclic) bond motifs is 1. The molecule has 2 rings (SSSR count). The summed E-state index contributed by atoms with van der Waals surface area (Å²) in [5.41, 5.74) is 6.38. The van der Waals surface area contributed by atoms with Crippen LogP contribution in [0.4, 0.5) is 16.3 Å². The fourth-order valence-corrected chi connectivity index (χ4v) is 1.18. The van der Waals surface area contributed by atoms with Gasteiger partial charge in [0.05, 0.1) is 5.69 Å². The molecular weight excluding hydrogens is 182 g/mol.